The van der Waals surface area contributed by atoms with Crippen molar-refractivity contribution in [2.45, 2.75) is 24.7 Å². The molecule has 24 heavy (non-hydrogen) atoms. The Morgan fingerprint density at radius 2 is 1.04 bits per heavy atom. The number of carbonyl (C=O) groups is 2. The summed E-state index contributed by atoms with van der Waals surface area (Å²) in [5.41, 5.74) is 0.304. The molecule has 2 atom stereocenters. The van der Waals surface area contributed by atoms with Crippen LogP contribution in [0.5, 0.6) is 0 Å². The molecule has 2 aromatic rings. The van der Waals surface area contributed by atoms with E-state index >= 15 is 0 Å². The van der Waals surface area contributed by atoms with Crippen molar-refractivity contribution in [1.29, 1.82) is 0 Å². The van der Waals surface area contributed by atoms with E-state index < -0.39 is 0 Å². The average molecular weight is 362 g/mol. The fourth-order valence-corrected chi connectivity index (χ4v) is 3.52. The molecule has 0 aliphatic rings. The van der Waals surface area contributed by atoms with Crippen molar-refractivity contribution in [2.24, 2.45) is 0 Å². The molecule has 0 fully saturated rings. The lowest BCUT2D eigenvalue weighted by atomic mass is 10.2. The summed E-state index contributed by atoms with van der Waals surface area (Å²) >= 11 is 0. The van der Waals surface area contributed by atoms with E-state index in [2.05, 4.69) is 0 Å². The number of ether oxygens (including phenoxy) is 2. The van der Waals surface area contributed by atoms with E-state index in [0.29, 0.717) is 11.1 Å². The third-order valence-corrected chi connectivity index (χ3v) is 5.70. The summed E-state index contributed by atoms with van der Waals surface area (Å²) in [6, 6.07) is 17.6. The highest BCUT2D eigenvalue weighted by Crippen LogP contribution is 2.32. The van der Waals surface area contributed by atoms with Crippen molar-refractivity contribution in [3.05, 3.63) is 71.8 Å². The highest BCUT2D eigenvalue weighted by molar-refractivity contribution is 8.77. The maximum absolute atomic E-state index is 11.9. The van der Waals surface area contributed by atoms with Gasteiger partial charge in [0.2, 0.25) is 0 Å². The van der Waals surface area contributed by atoms with E-state index in [1.165, 1.54) is 21.6 Å². The molecular weight excluding hydrogens is 344 g/mol. The van der Waals surface area contributed by atoms with E-state index in [1.807, 2.05) is 12.1 Å². The van der Waals surface area contributed by atoms with Gasteiger partial charge in [0, 0.05) is 0 Å². The van der Waals surface area contributed by atoms with Crippen molar-refractivity contribution < 1.29 is 19.1 Å². The van der Waals surface area contributed by atoms with Crippen LogP contribution in [-0.2, 0) is 9.47 Å². The average Bonchev–Trinajstić information content (AvgIpc) is 2.61. The first kappa shape index (κ1) is 18.4. The third kappa shape index (κ3) is 5.94. The Balaban J connectivity index is 1.74. The molecule has 2 unspecified atom stereocenters. The number of carbonyl (C=O) groups excluding carboxylic acids is 2. The van der Waals surface area contributed by atoms with E-state index in [4.69, 9.17) is 9.47 Å². The van der Waals surface area contributed by atoms with Crippen LogP contribution in [0.4, 0.5) is 0 Å². The first-order valence-corrected chi connectivity index (χ1v) is 9.68. The van der Waals surface area contributed by atoms with Gasteiger partial charge in [-0.25, -0.2) is 9.59 Å². The Bertz CT molecular complexity index is 602. The number of hydrogen-bond acceptors (Lipinski definition) is 6. The van der Waals surface area contributed by atoms with Crippen LogP contribution in [0.25, 0.3) is 0 Å². The van der Waals surface area contributed by atoms with Gasteiger partial charge in [0.15, 0.2) is 10.9 Å². The van der Waals surface area contributed by atoms with Crippen molar-refractivity contribution in [1.82, 2.24) is 0 Å². The zero-order chi connectivity index (χ0) is 17.4. The van der Waals surface area contributed by atoms with E-state index in [0.717, 1.165) is 0 Å². The standard InChI is InChI=1S/C18H18O4S2/c1-13(21-17(19)15-9-5-3-6-10-15)23-24-14(2)22-18(20)16-11-7-4-8-12-16/h3-14H,1-2H3. The van der Waals surface area contributed by atoms with Gasteiger partial charge in [0.05, 0.1) is 11.1 Å². The predicted molar refractivity (Wildman–Crippen MR) is 97.8 cm³/mol. The summed E-state index contributed by atoms with van der Waals surface area (Å²) in [5.74, 6) is -0.740. The smallest absolute Gasteiger partial charge is 0.339 e. The van der Waals surface area contributed by atoms with Gasteiger partial charge in [-0.3, -0.25) is 0 Å². The van der Waals surface area contributed by atoms with Crippen LogP contribution < -0.4 is 0 Å². The number of hydrogen-bond donors (Lipinski definition) is 0. The van der Waals surface area contributed by atoms with Crippen LogP contribution in [0.1, 0.15) is 34.6 Å². The second-order valence-electron chi connectivity index (χ2n) is 4.87. The molecular formula is C18H18O4S2. The van der Waals surface area contributed by atoms with Crippen LogP contribution >= 0.6 is 21.6 Å². The topological polar surface area (TPSA) is 52.6 Å². The van der Waals surface area contributed by atoms with Gasteiger partial charge >= 0.3 is 11.9 Å². The molecule has 0 spiro atoms. The second kappa shape index (κ2) is 9.39. The van der Waals surface area contributed by atoms with Crippen LogP contribution in [-0.4, -0.2) is 22.8 Å². The van der Waals surface area contributed by atoms with Crippen LogP contribution in [0.3, 0.4) is 0 Å². The quantitative estimate of drug-likeness (QED) is 0.402. The lowest BCUT2D eigenvalue weighted by Gasteiger charge is -2.16. The van der Waals surface area contributed by atoms with Gasteiger partial charge < -0.3 is 9.47 Å². The lowest BCUT2D eigenvalue weighted by molar-refractivity contribution is 0.0468. The summed E-state index contributed by atoms with van der Waals surface area (Å²) in [7, 11) is 2.68. The Morgan fingerprint density at radius 1 is 0.708 bits per heavy atom. The van der Waals surface area contributed by atoms with Crippen LogP contribution in [0.15, 0.2) is 60.7 Å². The van der Waals surface area contributed by atoms with Gasteiger partial charge in [0.1, 0.15) is 0 Å². The largest absolute Gasteiger partial charge is 0.447 e. The second-order valence-corrected chi connectivity index (χ2v) is 7.74. The Morgan fingerprint density at radius 3 is 1.38 bits per heavy atom. The van der Waals surface area contributed by atoms with Gasteiger partial charge in [-0.05, 0) is 59.7 Å². The molecule has 4 nitrogen and oxygen atoms in total. The summed E-state index contributed by atoms with van der Waals surface area (Å²) < 4.78 is 10.7. The molecule has 2 aromatic carbocycles. The van der Waals surface area contributed by atoms with Gasteiger partial charge in [-0.1, -0.05) is 36.4 Å². The molecule has 6 heteroatoms. The zero-order valence-corrected chi connectivity index (χ0v) is 15.0. The molecule has 0 N–H and O–H groups in total. The predicted octanol–water partition coefficient (Wildman–Crippen LogP) is 4.77. The maximum atomic E-state index is 11.9. The van der Waals surface area contributed by atoms with Gasteiger partial charge in [-0.15, -0.1) is 0 Å². The minimum absolute atomic E-state index is 0.361. The highest BCUT2D eigenvalue weighted by Gasteiger charge is 2.16. The molecule has 0 aliphatic heterocycles. The Hall–Kier alpha value is -1.92. The Kier molecular flexibility index (Phi) is 7.21. The highest BCUT2D eigenvalue weighted by atomic mass is 33.1. The van der Waals surface area contributed by atoms with E-state index in [1.54, 1.807) is 62.4 Å². The SMILES string of the molecule is CC(OC(=O)c1ccccc1)SSC(C)OC(=O)c1ccccc1. The minimum Gasteiger partial charge on any atom is -0.447 e. The summed E-state index contributed by atoms with van der Waals surface area (Å²) in [5, 5.41) is 0. The first-order valence-electron chi connectivity index (χ1n) is 7.40. The minimum atomic E-state index is -0.370. The summed E-state index contributed by atoms with van der Waals surface area (Å²) in [4.78, 5) is 23.9. The molecule has 0 radical (unpaired) electrons. The maximum Gasteiger partial charge on any atom is 0.339 e. The van der Waals surface area contributed by atoms with E-state index in [-0.39, 0.29) is 22.8 Å². The molecule has 0 saturated carbocycles. The fourth-order valence-electron chi connectivity index (χ4n) is 1.78. The number of benzene rings is 2. The molecule has 2 rings (SSSR count). The van der Waals surface area contributed by atoms with Crippen molar-refractivity contribution >= 4 is 33.5 Å². The molecule has 126 valence electrons. The van der Waals surface area contributed by atoms with Gasteiger partial charge in [0.25, 0.3) is 0 Å². The summed E-state index contributed by atoms with van der Waals surface area (Å²) in [6.45, 7) is 3.56. The summed E-state index contributed by atoms with van der Waals surface area (Å²) in [6.07, 6.45) is 0. The fraction of sp³-hybridized carbons (Fsp3) is 0.222. The molecule has 0 amide bonds. The first-order chi connectivity index (χ1) is 11.6. The number of rotatable bonds is 7. The lowest BCUT2D eigenvalue weighted by Crippen LogP contribution is -2.14. The zero-order valence-electron chi connectivity index (χ0n) is 13.4. The third-order valence-electron chi connectivity index (χ3n) is 2.89. The van der Waals surface area contributed by atoms with Crippen molar-refractivity contribution in [2.75, 3.05) is 0 Å². The Labute approximate surface area is 149 Å². The van der Waals surface area contributed by atoms with Crippen molar-refractivity contribution in [3.8, 4) is 0 Å². The molecule has 0 aliphatic carbocycles. The molecule has 0 saturated heterocycles. The van der Waals surface area contributed by atoms with Crippen LogP contribution in [0.2, 0.25) is 0 Å². The van der Waals surface area contributed by atoms with E-state index in [9.17, 15) is 9.59 Å². The monoisotopic (exact) mass is 362 g/mol. The molecule has 0 aromatic heterocycles. The normalized spacial score (nSPS) is 12.9. The van der Waals surface area contributed by atoms with Crippen molar-refractivity contribution in [3.63, 3.8) is 0 Å². The number of esters is 2. The van der Waals surface area contributed by atoms with Gasteiger partial charge in [-0.2, -0.15) is 0 Å². The molecule has 0 bridgehead atoms. The molecule has 0 heterocycles. The van der Waals surface area contributed by atoms with Crippen LogP contribution in [0, 0.1) is 0 Å².